The lowest BCUT2D eigenvalue weighted by atomic mass is 10.4. The van der Waals surface area contributed by atoms with Crippen molar-refractivity contribution < 1.29 is 18.3 Å². The molecular formula is C14H26IN3O4S2. The number of aliphatic hydroxyl groups excluding tert-OH is 1. The fourth-order valence-corrected chi connectivity index (χ4v) is 4.26. The minimum absolute atomic E-state index is 0. The average Bonchev–Trinajstić information content (AvgIpc) is 3.04. The summed E-state index contributed by atoms with van der Waals surface area (Å²) in [6.07, 6.45) is -0.215. The molecular weight excluding hydrogens is 465 g/mol. The van der Waals surface area contributed by atoms with Crippen molar-refractivity contribution in [3.63, 3.8) is 0 Å². The summed E-state index contributed by atoms with van der Waals surface area (Å²) < 4.78 is 29.4. The van der Waals surface area contributed by atoms with Crippen LogP contribution in [-0.2, 0) is 14.6 Å². The minimum Gasteiger partial charge on any atom is -0.390 e. The molecule has 0 spiro atoms. The van der Waals surface area contributed by atoms with E-state index in [2.05, 4.69) is 15.6 Å². The molecule has 1 rings (SSSR count). The van der Waals surface area contributed by atoms with E-state index < -0.39 is 15.9 Å². The summed E-state index contributed by atoms with van der Waals surface area (Å²) in [6.45, 7) is 3.96. The maximum Gasteiger partial charge on any atom is 0.191 e. The molecule has 0 aliphatic rings. The van der Waals surface area contributed by atoms with Crippen LogP contribution in [0, 0.1) is 0 Å². The van der Waals surface area contributed by atoms with Gasteiger partial charge in [0.05, 0.1) is 18.4 Å². The van der Waals surface area contributed by atoms with E-state index in [0.717, 1.165) is 17.8 Å². The standard InChI is InChI=1S/C14H25N3O4S2.HI/c1-3-15-14(16-7-5-8-21-2)17-10-12(18)11-23(19,20)13-6-4-9-22-13;/h4,6,9,12,18H,3,5,7-8,10-11H2,1-2H3,(H2,15,16,17);1H. The molecule has 24 heavy (non-hydrogen) atoms. The Bertz CT molecular complexity index is 565. The Kier molecular flexibility index (Phi) is 12.6. The SMILES string of the molecule is CCNC(=NCC(O)CS(=O)(=O)c1cccs1)NCCCOC.I. The van der Waals surface area contributed by atoms with Gasteiger partial charge in [0.15, 0.2) is 15.8 Å². The molecule has 1 unspecified atom stereocenters. The Balaban J connectivity index is 0.00000529. The third-order valence-corrected chi connectivity index (χ3v) is 6.12. The lowest BCUT2D eigenvalue weighted by molar-refractivity contribution is 0.195. The Morgan fingerprint density at radius 3 is 2.79 bits per heavy atom. The van der Waals surface area contributed by atoms with E-state index in [1.807, 2.05) is 6.92 Å². The van der Waals surface area contributed by atoms with Crippen LogP contribution in [0.1, 0.15) is 13.3 Å². The molecule has 0 aliphatic heterocycles. The highest BCUT2D eigenvalue weighted by atomic mass is 127. The van der Waals surface area contributed by atoms with Crippen LogP contribution in [0.2, 0.25) is 0 Å². The molecule has 0 radical (unpaired) electrons. The second-order valence-corrected chi connectivity index (χ2v) is 8.07. The van der Waals surface area contributed by atoms with Gasteiger partial charge >= 0.3 is 0 Å². The van der Waals surface area contributed by atoms with Crippen molar-refractivity contribution in [3.8, 4) is 0 Å². The van der Waals surface area contributed by atoms with Crippen molar-refractivity contribution in [1.29, 1.82) is 0 Å². The number of halogens is 1. The maximum absolute atomic E-state index is 12.1. The summed E-state index contributed by atoms with van der Waals surface area (Å²) in [5, 5.41) is 17.8. The molecule has 10 heteroatoms. The van der Waals surface area contributed by atoms with Gasteiger partial charge in [-0.25, -0.2) is 8.42 Å². The Morgan fingerprint density at radius 2 is 2.21 bits per heavy atom. The van der Waals surface area contributed by atoms with Gasteiger partial charge in [0, 0.05) is 26.8 Å². The van der Waals surface area contributed by atoms with Gasteiger partial charge in [-0.1, -0.05) is 6.07 Å². The van der Waals surface area contributed by atoms with Gasteiger partial charge in [0.2, 0.25) is 0 Å². The number of nitrogens with one attached hydrogen (secondary N) is 2. The number of sulfone groups is 1. The van der Waals surface area contributed by atoms with Crippen LogP contribution in [0.5, 0.6) is 0 Å². The zero-order chi connectivity index (χ0) is 17.1. The summed E-state index contributed by atoms with van der Waals surface area (Å²) >= 11 is 1.15. The second kappa shape index (κ2) is 12.9. The van der Waals surface area contributed by atoms with Crippen molar-refractivity contribution in [1.82, 2.24) is 10.6 Å². The summed E-state index contributed by atoms with van der Waals surface area (Å²) in [4.78, 5) is 4.22. The number of hydrogen-bond acceptors (Lipinski definition) is 6. The van der Waals surface area contributed by atoms with Crippen molar-refractivity contribution in [2.45, 2.75) is 23.7 Å². The van der Waals surface area contributed by atoms with Crippen molar-refractivity contribution >= 4 is 51.1 Å². The lowest BCUT2D eigenvalue weighted by Crippen LogP contribution is -2.39. The average molecular weight is 491 g/mol. The highest BCUT2D eigenvalue weighted by Crippen LogP contribution is 2.18. The molecule has 7 nitrogen and oxygen atoms in total. The van der Waals surface area contributed by atoms with Crippen LogP contribution < -0.4 is 10.6 Å². The van der Waals surface area contributed by atoms with Crippen LogP contribution in [-0.4, -0.2) is 64.7 Å². The molecule has 1 aromatic heterocycles. The number of methoxy groups -OCH3 is 1. The number of aliphatic hydroxyl groups is 1. The Labute approximate surface area is 164 Å². The largest absolute Gasteiger partial charge is 0.390 e. The predicted molar refractivity (Wildman–Crippen MR) is 108 cm³/mol. The molecule has 1 aromatic rings. The van der Waals surface area contributed by atoms with Crippen LogP contribution >= 0.6 is 35.3 Å². The van der Waals surface area contributed by atoms with Crippen molar-refractivity contribution in [2.75, 3.05) is 39.1 Å². The number of guanidine groups is 1. The van der Waals surface area contributed by atoms with Crippen LogP contribution in [0.4, 0.5) is 0 Å². The molecule has 0 fully saturated rings. The summed E-state index contributed by atoms with van der Waals surface area (Å²) in [7, 11) is -1.82. The second-order valence-electron chi connectivity index (χ2n) is 4.86. The van der Waals surface area contributed by atoms with E-state index >= 15 is 0 Å². The number of hydrogen-bond donors (Lipinski definition) is 3. The summed E-state index contributed by atoms with van der Waals surface area (Å²) in [6, 6.07) is 3.21. The Hall–Kier alpha value is -0.430. The first-order chi connectivity index (χ1) is 11.0. The number of nitrogens with zero attached hydrogens (tertiary/aromatic N) is 1. The van der Waals surface area contributed by atoms with Gasteiger partial charge in [-0.3, -0.25) is 4.99 Å². The minimum atomic E-state index is -3.46. The quantitative estimate of drug-likeness (QED) is 0.196. The number of rotatable bonds is 10. The molecule has 1 atom stereocenters. The number of ether oxygens (including phenoxy) is 1. The van der Waals surface area contributed by atoms with E-state index in [1.165, 1.54) is 6.07 Å². The van der Waals surface area contributed by atoms with Crippen LogP contribution in [0.15, 0.2) is 26.7 Å². The molecule has 0 aromatic carbocycles. The Morgan fingerprint density at radius 1 is 1.46 bits per heavy atom. The van der Waals surface area contributed by atoms with Gasteiger partial charge in [0.25, 0.3) is 0 Å². The molecule has 3 N–H and O–H groups in total. The fraction of sp³-hybridized carbons (Fsp3) is 0.643. The third-order valence-electron chi connectivity index (χ3n) is 2.84. The molecule has 0 saturated heterocycles. The maximum atomic E-state index is 12.1. The van der Waals surface area contributed by atoms with E-state index in [1.54, 1.807) is 18.6 Å². The molecule has 140 valence electrons. The first kappa shape index (κ1) is 23.6. The molecule has 0 bridgehead atoms. The zero-order valence-corrected chi connectivity index (χ0v) is 17.9. The van der Waals surface area contributed by atoms with Gasteiger partial charge < -0.3 is 20.5 Å². The molecule has 0 aliphatic carbocycles. The fourth-order valence-electron chi connectivity index (χ4n) is 1.79. The van der Waals surface area contributed by atoms with Gasteiger partial charge in [-0.05, 0) is 24.8 Å². The highest BCUT2D eigenvalue weighted by molar-refractivity contribution is 14.0. The van der Waals surface area contributed by atoms with E-state index in [-0.39, 0.29) is 40.5 Å². The normalized spacial score (nSPS) is 13.2. The monoisotopic (exact) mass is 491 g/mol. The zero-order valence-electron chi connectivity index (χ0n) is 13.9. The number of thiophene rings is 1. The molecule has 0 saturated carbocycles. The third kappa shape index (κ3) is 9.16. The first-order valence-corrected chi connectivity index (χ1v) is 9.98. The summed E-state index contributed by atoms with van der Waals surface area (Å²) in [5.41, 5.74) is 0. The number of aliphatic imine (C=N–C) groups is 1. The van der Waals surface area contributed by atoms with E-state index in [9.17, 15) is 13.5 Å². The highest BCUT2D eigenvalue weighted by Gasteiger charge is 2.20. The lowest BCUT2D eigenvalue weighted by Gasteiger charge is -2.13. The van der Waals surface area contributed by atoms with E-state index in [0.29, 0.717) is 25.7 Å². The van der Waals surface area contributed by atoms with Crippen LogP contribution in [0.25, 0.3) is 0 Å². The van der Waals surface area contributed by atoms with Gasteiger partial charge in [-0.15, -0.1) is 35.3 Å². The van der Waals surface area contributed by atoms with Gasteiger partial charge in [0.1, 0.15) is 4.21 Å². The van der Waals surface area contributed by atoms with Crippen LogP contribution in [0.3, 0.4) is 0 Å². The van der Waals surface area contributed by atoms with Gasteiger partial charge in [-0.2, -0.15) is 0 Å². The first-order valence-electron chi connectivity index (χ1n) is 7.45. The van der Waals surface area contributed by atoms with E-state index in [4.69, 9.17) is 4.74 Å². The smallest absolute Gasteiger partial charge is 0.191 e. The van der Waals surface area contributed by atoms with Crippen molar-refractivity contribution in [3.05, 3.63) is 17.5 Å². The predicted octanol–water partition coefficient (Wildman–Crippen LogP) is 1.09. The van der Waals surface area contributed by atoms with Crippen molar-refractivity contribution in [2.24, 2.45) is 4.99 Å². The topological polar surface area (TPSA) is 100 Å². The molecule has 0 amide bonds. The molecule has 1 heterocycles. The summed E-state index contributed by atoms with van der Waals surface area (Å²) in [5.74, 6) is 0.219.